The smallest absolute Gasteiger partial charge is 0.416 e. The molecular formula is C27H27Cl3F4N6O3. The number of aromatic nitrogens is 6. The van der Waals surface area contributed by atoms with Crippen molar-refractivity contribution in [2.45, 2.75) is 52.0 Å². The highest BCUT2D eigenvalue weighted by molar-refractivity contribution is 6.35. The van der Waals surface area contributed by atoms with Crippen LogP contribution in [0.15, 0.2) is 67.8 Å². The zero-order valence-corrected chi connectivity index (χ0v) is 25.3. The summed E-state index contributed by atoms with van der Waals surface area (Å²) in [7, 11) is 0. The first-order valence-electron chi connectivity index (χ1n) is 12.6. The average molecular weight is 666 g/mol. The SMILES string of the molecule is CC(C)(C)C(=O)C(Oc1ccc(Cl)cc1)n1cncn1.FC(F)C(F)(F)OCC(Cn1cncn1)c1ccc(Cl)cc1Cl. The summed E-state index contributed by atoms with van der Waals surface area (Å²) >= 11 is 17.7. The van der Waals surface area contributed by atoms with Crippen molar-refractivity contribution in [3.8, 4) is 5.75 Å². The summed E-state index contributed by atoms with van der Waals surface area (Å²) in [5.74, 6) is -0.281. The van der Waals surface area contributed by atoms with Crippen molar-refractivity contribution < 1.29 is 31.8 Å². The fourth-order valence-electron chi connectivity index (χ4n) is 3.48. The van der Waals surface area contributed by atoms with Gasteiger partial charge in [0.15, 0.2) is 0 Å². The lowest BCUT2D eigenvalue weighted by Crippen LogP contribution is -2.34. The first kappa shape index (κ1) is 34.2. The number of carbonyl (C=O) groups is 1. The molecule has 0 amide bonds. The minimum absolute atomic E-state index is 0.0701. The minimum Gasteiger partial charge on any atom is -0.461 e. The first-order valence-corrected chi connectivity index (χ1v) is 13.7. The topological polar surface area (TPSA) is 97.0 Å². The quantitative estimate of drug-likeness (QED) is 0.154. The Bertz CT molecular complexity index is 1440. The predicted octanol–water partition coefficient (Wildman–Crippen LogP) is 7.37. The van der Waals surface area contributed by atoms with Crippen LogP contribution in [0.3, 0.4) is 0 Å². The standard InChI is InChI=1S/C14H16ClN3O2.C13H11Cl2F4N3O/c1-14(2,3)12(19)13(18-9-16-8-17-18)20-11-6-4-10(15)5-7-11;14-9-1-2-10(11(15)3-9)8(4-22-7-20-6-21-22)5-23-13(18,19)12(16)17/h4-9,13H,1-3H3;1-3,6-8,12H,4-5H2. The minimum atomic E-state index is -4.54. The second-order valence-electron chi connectivity index (χ2n) is 10.1. The molecule has 9 nitrogen and oxygen atoms in total. The molecule has 4 rings (SSSR count). The van der Waals surface area contributed by atoms with Gasteiger partial charge in [0.1, 0.15) is 31.1 Å². The molecule has 2 atom stereocenters. The Morgan fingerprint density at radius 3 is 2.09 bits per heavy atom. The summed E-state index contributed by atoms with van der Waals surface area (Å²) in [4.78, 5) is 20.1. The summed E-state index contributed by atoms with van der Waals surface area (Å²) in [6, 6.07) is 11.3. The fourth-order valence-corrected chi connectivity index (χ4v) is 4.17. The van der Waals surface area contributed by atoms with Crippen LogP contribution in [0.1, 0.15) is 38.5 Å². The largest absolute Gasteiger partial charge is 0.461 e. The van der Waals surface area contributed by atoms with Crippen molar-refractivity contribution in [1.82, 2.24) is 29.5 Å². The Morgan fingerprint density at radius 1 is 0.930 bits per heavy atom. The Morgan fingerprint density at radius 2 is 1.56 bits per heavy atom. The zero-order valence-electron chi connectivity index (χ0n) is 23.1. The van der Waals surface area contributed by atoms with Crippen LogP contribution in [0, 0.1) is 5.41 Å². The molecule has 0 saturated heterocycles. The molecule has 2 aromatic carbocycles. The van der Waals surface area contributed by atoms with E-state index in [-0.39, 0.29) is 17.4 Å². The van der Waals surface area contributed by atoms with Gasteiger partial charge in [-0.15, -0.1) is 0 Å². The molecule has 2 aromatic heterocycles. The summed E-state index contributed by atoms with van der Waals surface area (Å²) in [5.41, 5.74) is -0.125. The summed E-state index contributed by atoms with van der Waals surface area (Å²) < 4.78 is 63.1. The number of rotatable bonds is 11. The van der Waals surface area contributed by atoms with Gasteiger partial charge in [-0.2, -0.15) is 19.0 Å². The van der Waals surface area contributed by atoms with E-state index in [4.69, 9.17) is 39.5 Å². The van der Waals surface area contributed by atoms with Gasteiger partial charge in [0, 0.05) is 26.4 Å². The van der Waals surface area contributed by atoms with Crippen LogP contribution in [0.5, 0.6) is 5.75 Å². The van der Waals surface area contributed by atoms with Crippen molar-refractivity contribution >= 4 is 40.6 Å². The molecule has 0 aliphatic rings. The van der Waals surface area contributed by atoms with Gasteiger partial charge in [-0.1, -0.05) is 61.6 Å². The number of hydrogen-bond donors (Lipinski definition) is 0. The Hall–Kier alpha value is -3.26. The molecule has 16 heteroatoms. The van der Waals surface area contributed by atoms with Crippen LogP contribution < -0.4 is 4.74 Å². The van der Waals surface area contributed by atoms with Gasteiger partial charge < -0.3 is 9.47 Å². The number of Topliss-reactive ketones (excluding diaryl/α,β-unsaturated/α-hetero) is 1. The summed E-state index contributed by atoms with van der Waals surface area (Å²) in [5, 5.41) is 9.03. The van der Waals surface area contributed by atoms with Crippen LogP contribution in [-0.4, -0.2) is 54.5 Å². The molecule has 0 aliphatic carbocycles. The van der Waals surface area contributed by atoms with Crippen molar-refractivity contribution in [3.05, 3.63) is 88.4 Å². The molecular weight excluding hydrogens is 639 g/mol. The first-order chi connectivity index (χ1) is 20.2. The molecule has 0 saturated carbocycles. The highest BCUT2D eigenvalue weighted by atomic mass is 35.5. The molecule has 0 aliphatic heterocycles. The third kappa shape index (κ3) is 10.2. The zero-order chi connectivity index (χ0) is 31.8. The normalized spacial score (nSPS) is 13.3. The van der Waals surface area contributed by atoms with Gasteiger partial charge in [-0.25, -0.2) is 23.4 Å². The van der Waals surface area contributed by atoms with Gasteiger partial charge in [-0.05, 0) is 42.0 Å². The molecule has 0 spiro atoms. The van der Waals surface area contributed by atoms with Crippen LogP contribution in [0.4, 0.5) is 17.6 Å². The van der Waals surface area contributed by atoms with Crippen molar-refractivity contribution in [2.24, 2.45) is 5.41 Å². The molecule has 232 valence electrons. The van der Waals surface area contributed by atoms with Crippen LogP contribution in [-0.2, 0) is 16.1 Å². The molecule has 2 heterocycles. The van der Waals surface area contributed by atoms with E-state index in [9.17, 15) is 22.4 Å². The second-order valence-corrected chi connectivity index (χ2v) is 11.3. The van der Waals surface area contributed by atoms with E-state index in [1.807, 2.05) is 20.8 Å². The highest BCUT2D eigenvalue weighted by Gasteiger charge is 2.43. The molecule has 2 unspecified atom stereocenters. The number of benzene rings is 2. The molecule has 43 heavy (non-hydrogen) atoms. The van der Waals surface area contributed by atoms with Gasteiger partial charge in [0.05, 0.1) is 13.2 Å². The predicted molar refractivity (Wildman–Crippen MR) is 152 cm³/mol. The van der Waals surface area contributed by atoms with E-state index >= 15 is 0 Å². The van der Waals surface area contributed by atoms with E-state index < -0.39 is 36.7 Å². The van der Waals surface area contributed by atoms with Crippen molar-refractivity contribution in [2.75, 3.05) is 6.61 Å². The van der Waals surface area contributed by atoms with Gasteiger partial charge in [-0.3, -0.25) is 9.48 Å². The molecule has 0 fully saturated rings. The average Bonchev–Trinajstić information content (AvgIpc) is 3.65. The highest BCUT2D eigenvalue weighted by Crippen LogP contribution is 2.32. The van der Waals surface area contributed by atoms with E-state index in [2.05, 4.69) is 24.9 Å². The Balaban J connectivity index is 0.000000238. The van der Waals surface area contributed by atoms with E-state index in [0.717, 1.165) is 0 Å². The number of hydrogen-bond acceptors (Lipinski definition) is 7. The molecule has 0 radical (unpaired) electrons. The third-order valence-corrected chi connectivity index (χ3v) is 6.52. The van der Waals surface area contributed by atoms with Gasteiger partial charge >= 0.3 is 12.5 Å². The van der Waals surface area contributed by atoms with Crippen LogP contribution in [0.2, 0.25) is 15.1 Å². The van der Waals surface area contributed by atoms with Crippen LogP contribution >= 0.6 is 34.8 Å². The maximum atomic E-state index is 13.0. The number of ketones is 1. The van der Waals surface area contributed by atoms with Crippen LogP contribution in [0.25, 0.3) is 0 Å². The fraction of sp³-hybridized carbons (Fsp3) is 0.370. The van der Waals surface area contributed by atoms with Gasteiger partial charge in [0.25, 0.3) is 6.23 Å². The number of alkyl halides is 4. The third-order valence-electron chi connectivity index (χ3n) is 5.71. The maximum Gasteiger partial charge on any atom is 0.416 e. The van der Waals surface area contributed by atoms with Gasteiger partial charge in [0.2, 0.25) is 5.78 Å². The van der Waals surface area contributed by atoms with E-state index in [0.29, 0.717) is 21.4 Å². The lowest BCUT2D eigenvalue weighted by Gasteiger charge is -2.25. The number of ether oxygens (including phenoxy) is 2. The Labute approximate surface area is 259 Å². The lowest BCUT2D eigenvalue weighted by atomic mass is 9.90. The lowest BCUT2D eigenvalue weighted by molar-refractivity contribution is -0.302. The van der Waals surface area contributed by atoms with Crippen molar-refractivity contribution in [1.29, 1.82) is 0 Å². The van der Waals surface area contributed by atoms with E-state index in [1.165, 1.54) is 52.9 Å². The van der Waals surface area contributed by atoms with E-state index in [1.54, 1.807) is 24.3 Å². The Kier molecular flexibility index (Phi) is 11.9. The molecule has 4 aromatic rings. The summed E-state index contributed by atoms with van der Waals surface area (Å²) in [6.45, 7) is 4.90. The monoisotopic (exact) mass is 664 g/mol. The second kappa shape index (κ2) is 15.0. The maximum absolute atomic E-state index is 13.0. The number of nitrogens with zero attached hydrogens (tertiary/aromatic N) is 6. The molecule has 0 N–H and O–H groups in total. The number of carbonyl (C=O) groups excluding carboxylic acids is 1. The molecule has 0 bridgehead atoms. The van der Waals surface area contributed by atoms with Crippen molar-refractivity contribution in [3.63, 3.8) is 0 Å². The number of halogens is 7. The summed E-state index contributed by atoms with van der Waals surface area (Å²) in [6.07, 6.45) is -3.86.